The predicted octanol–water partition coefficient (Wildman–Crippen LogP) is 0.727. The van der Waals surface area contributed by atoms with Gasteiger partial charge in [0.15, 0.2) is 0 Å². The molecule has 2 nitrogen and oxygen atoms in total. The standard InChI is InChI=1S/C7H15NO/c1-3-8-4-5-9-7(2)6-8/h7H,3-6H2,1-2H3. The lowest BCUT2D eigenvalue weighted by atomic mass is 10.3. The molecule has 1 heterocycles. The van der Waals surface area contributed by atoms with Crippen LogP contribution in [0.2, 0.25) is 0 Å². The van der Waals surface area contributed by atoms with Gasteiger partial charge in [-0.1, -0.05) is 6.92 Å². The van der Waals surface area contributed by atoms with Crippen molar-refractivity contribution in [2.45, 2.75) is 20.0 Å². The van der Waals surface area contributed by atoms with Crippen molar-refractivity contribution in [2.75, 3.05) is 26.2 Å². The van der Waals surface area contributed by atoms with Crippen LogP contribution in [-0.2, 0) is 4.74 Å². The van der Waals surface area contributed by atoms with Crippen LogP contribution < -0.4 is 0 Å². The number of hydrogen-bond donors (Lipinski definition) is 0. The van der Waals surface area contributed by atoms with Gasteiger partial charge in [0.2, 0.25) is 0 Å². The Balaban J connectivity index is 2.23. The molecule has 1 unspecified atom stereocenters. The van der Waals surface area contributed by atoms with Crippen LogP contribution in [0.4, 0.5) is 0 Å². The van der Waals surface area contributed by atoms with Crippen molar-refractivity contribution in [1.29, 1.82) is 0 Å². The second-order valence-electron chi connectivity index (χ2n) is 2.57. The summed E-state index contributed by atoms with van der Waals surface area (Å²) in [6.07, 6.45) is 0.443. The molecule has 9 heavy (non-hydrogen) atoms. The number of ether oxygens (including phenoxy) is 1. The number of hydrogen-bond acceptors (Lipinski definition) is 2. The fourth-order valence-corrected chi connectivity index (χ4v) is 1.18. The van der Waals surface area contributed by atoms with E-state index in [2.05, 4.69) is 18.7 Å². The number of nitrogens with zero attached hydrogens (tertiary/aromatic N) is 1. The summed E-state index contributed by atoms with van der Waals surface area (Å²) in [5.41, 5.74) is 0. The highest BCUT2D eigenvalue weighted by molar-refractivity contribution is 4.65. The first-order valence-electron chi connectivity index (χ1n) is 3.67. The molecule has 0 aliphatic carbocycles. The van der Waals surface area contributed by atoms with Crippen molar-refractivity contribution in [3.8, 4) is 0 Å². The topological polar surface area (TPSA) is 12.5 Å². The highest BCUT2D eigenvalue weighted by atomic mass is 16.5. The average Bonchev–Trinajstić information content (AvgIpc) is 1.88. The lowest BCUT2D eigenvalue weighted by Crippen LogP contribution is -2.40. The van der Waals surface area contributed by atoms with E-state index in [0.29, 0.717) is 6.10 Å². The molecule has 0 spiro atoms. The third kappa shape index (κ3) is 1.95. The van der Waals surface area contributed by atoms with E-state index < -0.39 is 0 Å². The van der Waals surface area contributed by atoms with Crippen LogP contribution in [0.15, 0.2) is 0 Å². The second-order valence-corrected chi connectivity index (χ2v) is 2.57. The molecule has 1 aliphatic rings. The van der Waals surface area contributed by atoms with Crippen molar-refractivity contribution >= 4 is 0 Å². The highest BCUT2D eigenvalue weighted by Crippen LogP contribution is 2.02. The van der Waals surface area contributed by atoms with Crippen molar-refractivity contribution < 1.29 is 4.74 Å². The maximum Gasteiger partial charge on any atom is 0.0674 e. The first kappa shape index (κ1) is 7.03. The molecular formula is C7H15NO. The molecule has 1 aliphatic heterocycles. The Kier molecular flexibility index (Phi) is 2.49. The monoisotopic (exact) mass is 129 g/mol. The number of rotatable bonds is 1. The zero-order valence-corrected chi connectivity index (χ0v) is 6.26. The van der Waals surface area contributed by atoms with Crippen LogP contribution in [0.25, 0.3) is 0 Å². The smallest absolute Gasteiger partial charge is 0.0674 e. The molecule has 0 bridgehead atoms. The molecule has 0 aromatic carbocycles. The van der Waals surface area contributed by atoms with E-state index in [4.69, 9.17) is 4.74 Å². The minimum Gasteiger partial charge on any atom is -0.376 e. The average molecular weight is 129 g/mol. The second kappa shape index (κ2) is 3.18. The SMILES string of the molecule is CCN1CCOC(C)C1. The predicted molar refractivity (Wildman–Crippen MR) is 37.5 cm³/mol. The fraction of sp³-hybridized carbons (Fsp3) is 1.00. The number of likely N-dealkylation sites (N-methyl/N-ethyl adjacent to an activating group) is 1. The van der Waals surface area contributed by atoms with Crippen molar-refractivity contribution in [3.05, 3.63) is 0 Å². The van der Waals surface area contributed by atoms with Gasteiger partial charge < -0.3 is 4.74 Å². The summed E-state index contributed by atoms with van der Waals surface area (Å²) < 4.78 is 5.37. The van der Waals surface area contributed by atoms with Gasteiger partial charge in [0.25, 0.3) is 0 Å². The quantitative estimate of drug-likeness (QED) is 0.517. The van der Waals surface area contributed by atoms with E-state index in [0.717, 1.165) is 26.2 Å². The first-order valence-corrected chi connectivity index (χ1v) is 3.67. The lowest BCUT2D eigenvalue weighted by Gasteiger charge is -2.29. The molecule has 0 aromatic heterocycles. The molecule has 0 amide bonds. The van der Waals surface area contributed by atoms with Crippen LogP contribution in [0, 0.1) is 0 Å². The highest BCUT2D eigenvalue weighted by Gasteiger charge is 2.13. The third-order valence-electron chi connectivity index (χ3n) is 1.77. The van der Waals surface area contributed by atoms with Gasteiger partial charge in [0.05, 0.1) is 12.7 Å². The van der Waals surface area contributed by atoms with Crippen molar-refractivity contribution in [3.63, 3.8) is 0 Å². The van der Waals surface area contributed by atoms with Crippen molar-refractivity contribution in [2.24, 2.45) is 0 Å². The first-order chi connectivity index (χ1) is 4.33. The molecule has 54 valence electrons. The molecule has 1 saturated heterocycles. The molecule has 2 heteroatoms. The minimum absolute atomic E-state index is 0.443. The molecule has 1 fully saturated rings. The van der Waals surface area contributed by atoms with E-state index in [1.165, 1.54) is 0 Å². The van der Waals surface area contributed by atoms with Crippen LogP contribution in [-0.4, -0.2) is 37.2 Å². The lowest BCUT2D eigenvalue weighted by molar-refractivity contribution is -0.0162. The fourth-order valence-electron chi connectivity index (χ4n) is 1.18. The van der Waals surface area contributed by atoms with Gasteiger partial charge in [-0.2, -0.15) is 0 Å². The van der Waals surface area contributed by atoms with Gasteiger partial charge in [0, 0.05) is 13.1 Å². The summed E-state index contributed by atoms with van der Waals surface area (Å²) in [5, 5.41) is 0. The van der Waals surface area contributed by atoms with Gasteiger partial charge >= 0.3 is 0 Å². The largest absolute Gasteiger partial charge is 0.376 e. The Hall–Kier alpha value is -0.0800. The summed E-state index contributed by atoms with van der Waals surface area (Å²) in [4.78, 5) is 2.41. The van der Waals surface area contributed by atoms with Gasteiger partial charge in [-0.15, -0.1) is 0 Å². The van der Waals surface area contributed by atoms with E-state index in [1.807, 2.05) is 0 Å². The maximum atomic E-state index is 5.37. The Morgan fingerprint density at radius 3 is 2.89 bits per heavy atom. The van der Waals surface area contributed by atoms with Crippen molar-refractivity contribution in [1.82, 2.24) is 4.90 Å². The normalized spacial score (nSPS) is 30.7. The molecule has 1 atom stereocenters. The van der Waals surface area contributed by atoms with Crippen LogP contribution in [0.1, 0.15) is 13.8 Å². The molecule has 0 aromatic rings. The Labute approximate surface area is 56.8 Å². The van der Waals surface area contributed by atoms with Gasteiger partial charge in [-0.25, -0.2) is 0 Å². The molecule has 0 saturated carbocycles. The Morgan fingerprint density at radius 1 is 1.67 bits per heavy atom. The van der Waals surface area contributed by atoms with Crippen LogP contribution >= 0.6 is 0 Å². The molecular weight excluding hydrogens is 114 g/mol. The van der Waals surface area contributed by atoms with E-state index in [1.54, 1.807) is 0 Å². The van der Waals surface area contributed by atoms with Crippen LogP contribution in [0.3, 0.4) is 0 Å². The zero-order chi connectivity index (χ0) is 6.69. The summed E-state index contributed by atoms with van der Waals surface area (Å²) in [7, 11) is 0. The van der Waals surface area contributed by atoms with Gasteiger partial charge in [0.1, 0.15) is 0 Å². The van der Waals surface area contributed by atoms with Gasteiger partial charge in [-0.3, -0.25) is 4.90 Å². The third-order valence-corrected chi connectivity index (χ3v) is 1.77. The summed E-state index contributed by atoms with van der Waals surface area (Å²) in [6, 6.07) is 0. The summed E-state index contributed by atoms with van der Waals surface area (Å²) >= 11 is 0. The Morgan fingerprint density at radius 2 is 2.44 bits per heavy atom. The summed E-state index contributed by atoms with van der Waals surface area (Å²) in [6.45, 7) is 8.61. The van der Waals surface area contributed by atoms with Gasteiger partial charge in [-0.05, 0) is 13.5 Å². The molecule has 0 N–H and O–H groups in total. The van der Waals surface area contributed by atoms with E-state index >= 15 is 0 Å². The number of morpholine rings is 1. The van der Waals surface area contributed by atoms with E-state index in [-0.39, 0.29) is 0 Å². The molecule has 1 rings (SSSR count). The zero-order valence-electron chi connectivity index (χ0n) is 6.26. The maximum absolute atomic E-state index is 5.37. The van der Waals surface area contributed by atoms with Crippen LogP contribution in [0.5, 0.6) is 0 Å². The van der Waals surface area contributed by atoms with E-state index in [9.17, 15) is 0 Å². The summed E-state index contributed by atoms with van der Waals surface area (Å²) in [5.74, 6) is 0. The Bertz CT molecular complexity index is 85.0. The molecule has 0 radical (unpaired) electrons. The minimum atomic E-state index is 0.443.